The highest BCUT2D eigenvalue weighted by atomic mass is 35.5. The van der Waals surface area contributed by atoms with Crippen LogP contribution in [0.1, 0.15) is 19.8 Å². The Morgan fingerprint density at radius 1 is 1.20 bits per heavy atom. The minimum atomic E-state index is -0.0776. The van der Waals surface area contributed by atoms with E-state index in [2.05, 4.69) is 6.92 Å². The highest BCUT2D eigenvalue weighted by molar-refractivity contribution is 6.21. The summed E-state index contributed by atoms with van der Waals surface area (Å²) >= 11 is 6.19. The zero-order valence-corrected chi connectivity index (χ0v) is 12.9. The highest BCUT2D eigenvalue weighted by Gasteiger charge is 2.43. The van der Waals surface area contributed by atoms with E-state index in [1.54, 1.807) is 14.2 Å². The van der Waals surface area contributed by atoms with Crippen LogP contribution in [0.25, 0.3) is 0 Å². The van der Waals surface area contributed by atoms with Crippen LogP contribution in [0, 0.1) is 0 Å². The molecule has 4 nitrogen and oxygen atoms in total. The first-order valence-electron chi connectivity index (χ1n) is 6.84. The second-order valence-corrected chi connectivity index (χ2v) is 5.30. The third-order valence-electron chi connectivity index (χ3n) is 3.35. The van der Waals surface area contributed by atoms with Crippen LogP contribution < -0.4 is 14.2 Å². The van der Waals surface area contributed by atoms with Crippen molar-refractivity contribution < 1.29 is 18.9 Å². The van der Waals surface area contributed by atoms with E-state index in [1.807, 2.05) is 18.2 Å². The van der Waals surface area contributed by atoms with Gasteiger partial charge in [0.05, 0.1) is 19.6 Å². The molecule has 1 fully saturated rings. The summed E-state index contributed by atoms with van der Waals surface area (Å²) in [5.74, 6) is 1.91. The van der Waals surface area contributed by atoms with Gasteiger partial charge in [-0.05, 0) is 18.6 Å². The fraction of sp³-hybridized carbons (Fsp3) is 0.600. The minimum absolute atomic E-state index is 0.00671. The topological polar surface area (TPSA) is 36.9 Å². The Hall–Kier alpha value is -1.13. The number of methoxy groups -OCH3 is 2. The van der Waals surface area contributed by atoms with Crippen molar-refractivity contribution in [3.63, 3.8) is 0 Å². The lowest BCUT2D eigenvalue weighted by molar-refractivity contribution is -0.0809. The Kier molecular flexibility index (Phi) is 5.38. The van der Waals surface area contributed by atoms with E-state index in [0.717, 1.165) is 12.8 Å². The molecule has 0 spiro atoms. The van der Waals surface area contributed by atoms with Crippen molar-refractivity contribution in [2.45, 2.75) is 37.4 Å². The lowest BCUT2D eigenvalue weighted by atomic mass is 9.91. The summed E-state index contributed by atoms with van der Waals surface area (Å²) in [6.45, 7) is 2.76. The van der Waals surface area contributed by atoms with Crippen LogP contribution in [-0.4, -0.2) is 38.4 Å². The van der Waals surface area contributed by atoms with Gasteiger partial charge in [-0.15, -0.1) is 11.6 Å². The summed E-state index contributed by atoms with van der Waals surface area (Å²) in [7, 11) is 3.22. The van der Waals surface area contributed by atoms with Crippen molar-refractivity contribution in [1.82, 2.24) is 0 Å². The van der Waals surface area contributed by atoms with Gasteiger partial charge in [-0.25, -0.2) is 0 Å². The largest absolute Gasteiger partial charge is 0.493 e. The number of ether oxygens (including phenoxy) is 4. The molecule has 0 radical (unpaired) electrons. The number of benzene rings is 1. The Morgan fingerprint density at radius 2 is 1.85 bits per heavy atom. The van der Waals surface area contributed by atoms with E-state index in [1.165, 1.54) is 0 Å². The molecule has 0 N–H and O–H groups in total. The van der Waals surface area contributed by atoms with Gasteiger partial charge in [0.15, 0.2) is 11.5 Å². The number of para-hydroxylation sites is 1. The molecule has 1 aromatic carbocycles. The van der Waals surface area contributed by atoms with Gasteiger partial charge in [-0.3, -0.25) is 0 Å². The maximum absolute atomic E-state index is 6.19. The van der Waals surface area contributed by atoms with Gasteiger partial charge in [-0.2, -0.15) is 0 Å². The summed E-state index contributed by atoms with van der Waals surface area (Å²) in [5.41, 5.74) is 0. The maximum atomic E-state index is 6.19. The van der Waals surface area contributed by atoms with E-state index in [4.69, 9.17) is 30.5 Å². The molecule has 0 aliphatic heterocycles. The molecule has 0 heterocycles. The van der Waals surface area contributed by atoms with E-state index in [0.29, 0.717) is 23.9 Å². The predicted octanol–water partition coefficient (Wildman–Crippen LogP) is 3.26. The summed E-state index contributed by atoms with van der Waals surface area (Å²) in [4.78, 5) is 0. The Bertz CT molecular complexity index is 416. The number of rotatable bonds is 7. The van der Waals surface area contributed by atoms with Gasteiger partial charge >= 0.3 is 0 Å². The number of hydrogen-bond donors (Lipinski definition) is 0. The smallest absolute Gasteiger partial charge is 0.203 e. The van der Waals surface area contributed by atoms with Gasteiger partial charge in [0, 0.05) is 13.0 Å². The normalized spacial score (nSPS) is 24.9. The van der Waals surface area contributed by atoms with E-state index in [-0.39, 0.29) is 17.6 Å². The lowest BCUT2D eigenvalue weighted by Crippen LogP contribution is -2.52. The van der Waals surface area contributed by atoms with Gasteiger partial charge in [0.25, 0.3) is 0 Å². The van der Waals surface area contributed by atoms with Crippen LogP contribution in [0.5, 0.6) is 17.2 Å². The SMILES string of the molecule is CCCOC1C(Cl)CC1Oc1c(OC)cccc1OC. The highest BCUT2D eigenvalue weighted by Crippen LogP contribution is 2.41. The second-order valence-electron chi connectivity index (χ2n) is 4.74. The summed E-state index contributed by atoms with van der Waals surface area (Å²) in [6.07, 6.45) is 1.59. The van der Waals surface area contributed by atoms with Gasteiger partial charge in [-0.1, -0.05) is 13.0 Å². The van der Waals surface area contributed by atoms with Gasteiger partial charge in [0.2, 0.25) is 5.75 Å². The second kappa shape index (κ2) is 7.04. The van der Waals surface area contributed by atoms with Crippen molar-refractivity contribution in [2.75, 3.05) is 20.8 Å². The third kappa shape index (κ3) is 3.13. The summed E-state index contributed by atoms with van der Waals surface area (Å²) in [5, 5.41) is 0.00671. The van der Waals surface area contributed by atoms with Crippen molar-refractivity contribution >= 4 is 11.6 Å². The molecular formula is C15H21ClO4. The standard InChI is InChI=1S/C15H21ClO4/c1-4-8-19-14-10(16)9-13(14)20-15-11(17-2)6-5-7-12(15)18-3/h5-7,10,13-14H,4,8-9H2,1-3H3. The van der Waals surface area contributed by atoms with Crippen LogP contribution in [0.3, 0.4) is 0 Å². The van der Waals surface area contributed by atoms with Crippen molar-refractivity contribution in [2.24, 2.45) is 0 Å². The Balaban J connectivity index is 2.09. The molecule has 1 saturated carbocycles. The predicted molar refractivity (Wildman–Crippen MR) is 78.3 cm³/mol. The van der Waals surface area contributed by atoms with Crippen molar-refractivity contribution in [3.05, 3.63) is 18.2 Å². The van der Waals surface area contributed by atoms with Crippen LogP contribution in [0.15, 0.2) is 18.2 Å². The average Bonchev–Trinajstić information content (AvgIpc) is 2.47. The van der Waals surface area contributed by atoms with Crippen molar-refractivity contribution in [3.8, 4) is 17.2 Å². The van der Waals surface area contributed by atoms with E-state index in [9.17, 15) is 0 Å². The molecular weight excluding hydrogens is 280 g/mol. The van der Waals surface area contributed by atoms with Crippen LogP contribution in [0.2, 0.25) is 0 Å². The zero-order chi connectivity index (χ0) is 14.5. The Morgan fingerprint density at radius 3 is 2.35 bits per heavy atom. The van der Waals surface area contributed by atoms with Crippen LogP contribution in [0.4, 0.5) is 0 Å². The molecule has 0 amide bonds. The fourth-order valence-corrected chi connectivity index (χ4v) is 2.60. The number of alkyl halides is 1. The molecule has 3 unspecified atom stereocenters. The van der Waals surface area contributed by atoms with E-state index >= 15 is 0 Å². The van der Waals surface area contributed by atoms with Crippen LogP contribution >= 0.6 is 11.6 Å². The number of hydrogen-bond acceptors (Lipinski definition) is 4. The molecule has 0 bridgehead atoms. The third-order valence-corrected chi connectivity index (χ3v) is 3.77. The molecule has 1 aliphatic carbocycles. The summed E-state index contributed by atoms with van der Waals surface area (Å²) < 4.78 is 22.4. The molecule has 0 saturated heterocycles. The molecule has 20 heavy (non-hydrogen) atoms. The first-order chi connectivity index (χ1) is 9.71. The molecule has 112 valence electrons. The summed E-state index contributed by atoms with van der Waals surface area (Å²) in [6, 6.07) is 5.55. The average molecular weight is 301 g/mol. The quantitative estimate of drug-likeness (QED) is 0.724. The monoisotopic (exact) mass is 300 g/mol. The maximum Gasteiger partial charge on any atom is 0.203 e. The number of halogens is 1. The molecule has 0 aromatic heterocycles. The van der Waals surface area contributed by atoms with Gasteiger partial charge < -0.3 is 18.9 Å². The molecule has 1 aromatic rings. The first kappa shape index (κ1) is 15.3. The fourth-order valence-electron chi connectivity index (χ4n) is 2.19. The first-order valence-corrected chi connectivity index (χ1v) is 7.28. The van der Waals surface area contributed by atoms with E-state index < -0.39 is 0 Å². The molecule has 1 aliphatic rings. The Labute approximate surface area is 124 Å². The van der Waals surface area contributed by atoms with Gasteiger partial charge in [0.1, 0.15) is 12.2 Å². The van der Waals surface area contributed by atoms with Crippen molar-refractivity contribution in [1.29, 1.82) is 0 Å². The van der Waals surface area contributed by atoms with Crippen LogP contribution in [-0.2, 0) is 4.74 Å². The molecule has 2 rings (SSSR count). The molecule has 3 atom stereocenters. The minimum Gasteiger partial charge on any atom is -0.493 e. The zero-order valence-electron chi connectivity index (χ0n) is 12.1. The lowest BCUT2D eigenvalue weighted by Gasteiger charge is -2.40. The molecule has 5 heteroatoms.